The van der Waals surface area contributed by atoms with Crippen molar-refractivity contribution in [2.45, 2.75) is 56.8 Å². The molecular weight excluding hydrogens is 720 g/mol. The molecule has 54 heavy (non-hydrogen) atoms. The van der Waals surface area contributed by atoms with Crippen LogP contribution < -0.4 is 4.74 Å². The number of hydrogen-bond donors (Lipinski definition) is 0. The van der Waals surface area contributed by atoms with Crippen molar-refractivity contribution in [1.29, 1.82) is 0 Å². The highest BCUT2D eigenvalue weighted by Gasteiger charge is 2.13. The van der Waals surface area contributed by atoms with Gasteiger partial charge in [-0.15, -0.1) is 0 Å². The molecule has 0 amide bonds. The molecule has 2 aromatic carbocycles. The van der Waals surface area contributed by atoms with Gasteiger partial charge in [-0.05, 0) is 42.7 Å². The van der Waals surface area contributed by atoms with Crippen LogP contribution in [0.15, 0.2) is 59.5 Å². The molecule has 0 bridgehead atoms. The van der Waals surface area contributed by atoms with Gasteiger partial charge in [0.1, 0.15) is 12.4 Å². The number of rotatable bonds is 40. The lowest BCUT2D eigenvalue weighted by Gasteiger charge is -2.09. The molecule has 0 heterocycles. The van der Waals surface area contributed by atoms with Gasteiger partial charge in [-0.2, -0.15) is 8.42 Å². The van der Waals surface area contributed by atoms with Gasteiger partial charge < -0.3 is 47.4 Å². The molecule has 0 aromatic heterocycles. The van der Waals surface area contributed by atoms with Crippen molar-refractivity contribution in [2.24, 2.45) is 0 Å². The molecule has 0 aliphatic carbocycles. The molecule has 2 aromatic rings. The molecule has 0 fully saturated rings. The standard InChI is InChI=1S/C40H66O13S/c1-2-3-4-5-6-8-11-38-14-16-39(17-15-38)52-36-34-50-32-30-48-28-26-46-24-22-44-20-18-43-19-21-45-23-25-47-27-29-49-31-33-51-35-37-53-54(41,42)40-12-9-7-10-13-40/h7,9-10,12-17H,2-6,8,11,18-37H2,1H3. The second-order valence-corrected chi connectivity index (χ2v) is 13.7. The molecule has 0 atom stereocenters. The number of hydrogen-bond acceptors (Lipinski definition) is 13. The summed E-state index contributed by atoms with van der Waals surface area (Å²) in [4.78, 5) is 0.122. The van der Waals surface area contributed by atoms with E-state index in [2.05, 4.69) is 19.1 Å². The molecule has 0 unspecified atom stereocenters. The summed E-state index contributed by atoms with van der Waals surface area (Å²) in [6.45, 7) is 10.8. The molecule has 14 heteroatoms. The van der Waals surface area contributed by atoms with E-state index in [-0.39, 0.29) is 18.1 Å². The predicted octanol–water partition coefficient (Wildman–Crippen LogP) is 5.52. The van der Waals surface area contributed by atoms with Crippen LogP contribution >= 0.6 is 0 Å². The zero-order valence-electron chi connectivity index (χ0n) is 32.5. The molecule has 0 radical (unpaired) electrons. The van der Waals surface area contributed by atoms with Crippen LogP contribution in [0.4, 0.5) is 0 Å². The Balaban J connectivity index is 1.19. The maximum absolute atomic E-state index is 12.0. The average molecular weight is 787 g/mol. The zero-order valence-corrected chi connectivity index (χ0v) is 33.3. The lowest BCUT2D eigenvalue weighted by atomic mass is 10.0. The van der Waals surface area contributed by atoms with Crippen LogP contribution in [0, 0.1) is 0 Å². The van der Waals surface area contributed by atoms with Crippen LogP contribution in [-0.2, 0) is 63.4 Å². The first kappa shape index (κ1) is 47.9. The Morgan fingerprint density at radius 2 is 0.778 bits per heavy atom. The summed E-state index contributed by atoms with van der Waals surface area (Å²) in [6, 6.07) is 16.4. The quantitative estimate of drug-likeness (QED) is 0.0620. The maximum Gasteiger partial charge on any atom is 0.297 e. The molecule has 0 saturated heterocycles. The SMILES string of the molecule is CCCCCCCCc1ccc(OCCOCCOCCOCCOCCOCCOCCOCCOCCOCCOS(=O)(=O)c2ccccc2)cc1. The molecule has 0 aliphatic rings. The molecule has 0 saturated carbocycles. The van der Waals surface area contributed by atoms with Gasteiger partial charge in [0.05, 0.1) is 130 Å². The van der Waals surface area contributed by atoms with E-state index in [1.165, 1.54) is 56.2 Å². The van der Waals surface area contributed by atoms with Gasteiger partial charge >= 0.3 is 0 Å². The van der Waals surface area contributed by atoms with E-state index in [0.717, 1.165) is 12.2 Å². The van der Waals surface area contributed by atoms with Crippen molar-refractivity contribution in [1.82, 2.24) is 0 Å². The third-order valence-electron chi connectivity index (χ3n) is 7.71. The summed E-state index contributed by atoms with van der Waals surface area (Å²) in [5, 5.41) is 0. The van der Waals surface area contributed by atoms with Gasteiger partial charge in [0.2, 0.25) is 0 Å². The zero-order chi connectivity index (χ0) is 38.5. The number of aryl methyl sites for hydroxylation is 1. The van der Waals surface area contributed by atoms with E-state index in [0.29, 0.717) is 119 Å². The van der Waals surface area contributed by atoms with Gasteiger partial charge in [-0.3, -0.25) is 4.18 Å². The number of unbranched alkanes of at least 4 members (excludes halogenated alkanes) is 5. The summed E-state index contributed by atoms with van der Waals surface area (Å²) in [5.41, 5.74) is 1.37. The van der Waals surface area contributed by atoms with E-state index < -0.39 is 10.1 Å². The van der Waals surface area contributed by atoms with Gasteiger partial charge in [0, 0.05) is 0 Å². The van der Waals surface area contributed by atoms with Crippen LogP contribution in [0.1, 0.15) is 51.0 Å². The highest BCUT2D eigenvalue weighted by molar-refractivity contribution is 7.86. The maximum atomic E-state index is 12.0. The molecule has 0 N–H and O–H groups in total. The van der Waals surface area contributed by atoms with Crippen molar-refractivity contribution in [2.75, 3.05) is 132 Å². The summed E-state index contributed by atoms with van der Waals surface area (Å²) in [6.07, 6.45) is 9.05. The highest BCUT2D eigenvalue weighted by Crippen LogP contribution is 2.15. The molecule has 13 nitrogen and oxygen atoms in total. The lowest BCUT2D eigenvalue weighted by Crippen LogP contribution is -2.16. The molecule has 0 aliphatic heterocycles. The van der Waals surface area contributed by atoms with E-state index in [1.54, 1.807) is 18.2 Å². The molecular formula is C40H66O13S. The molecule has 310 valence electrons. The predicted molar refractivity (Wildman–Crippen MR) is 206 cm³/mol. The summed E-state index contributed by atoms with van der Waals surface area (Å²) >= 11 is 0. The Hall–Kier alpha value is -2.21. The van der Waals surface area contributed by atoms with Crippen LogP contribution in [0.3, 0.4) is 0 Å². The van der Waals surface area contributed by atoms with Crippen LogP contribution in [0.25, 0.3) is 0 Å². The van der Waals surface area contributed by atoms with Gasteiger partial charge in [0.15, 0.2) is 0 Å². The Labute approximate surface area is 324 Å². The Kier molecular flexibility index (Phi) is 31.3. The van der Waals surface area contributed by atoms with Crippen molar-refractivity contribution >= 4 is 10.1 Å². The van der Waals surface area contributed by atoms with Crippen LogP contribution in [0.5, 0.6) is 5.75 Å². The van der Waals surface area contributed by atoms with Crippen LogP contribution in [0.2, 0.25) is 0 Å². The van der Waals surface area contributed by atoms with Gasteiger partial charge in [-0.1, -0.05) is 69.4 Å². The van der Waals surface area contributed by atoms with E-state index in [4.69, 9.17) is 51.6 Å². The van der Waals surface area contributed by atoms with Crippen molar-refractivity contribution in [3.8, 4) is 5.75 Å². The van der Waals surface area contributed by atoms with Crippen molar-refractivity contribution in [3.05, 3.63) is 60.2 Å². The first-order valence-corrected chi connectivity index (χ1v) is 20.9. The first-order valence-electron chi connectivity index (χ1n) is 19.5. The monoisotopic (exact) mass is 786 g/mol. The van der Waals surface area contributed by atoms with E-state index >= 15 is 0 Å². The summed E-state index contributed by atoms with van der Waals surface area (Å²) < 4.78 is 84.0. The van der Waals surface area contributed by atoms with Crippen LogP contribution in [-0.4, -0.2) is 141 Å². The van der Waals surface area contributed by atoms with E-state index in [1.807, 2.05) is 12.1 Å². The number of ether oxygens (including phenoxy) is 10. The fourth-order valence-electron chi connectivity index (χ4n) is 4.80. The Morgan fingerprint density at radius 3 is 1.20 bits per heavy atom. The molecule has 2 rings (SSSR count). The lowest BCUT2D eigenvalue weighted by molar-refractivity contribution is -0.0257. The minimum absolute atomic E-state index is 0.0580. The normalized spacial score (nSPS) is 11.7. The fourth-order valence-corrected chi connectivity index (χ4v) is 5.71. The van der Waals surface area contributed by atoms with Gasteiger partial charge in [-0.25, -0.2) is 0 Å². The largest absolute Gasteiger partial charge is 0.491 e. The summed E-state index contributed by atoms with van der Waals surface area (Å²) in [5.74, 6) is 0.878. The number of benzene rings is 2. The average Bonchev–Trinajstić information content (AvgIpc) is 3.19. The van der Waals surface area contributed by atoms with Crippen molar-refractivity contribution in [3.63, 3.8) is 0 Å². The Bertz CT molecular complexity index is 1190. The van der Waals surface area contributed by atoms with Gasteiger partial charge in [0.25, 0.3) is 10.1 Å². The molecule has 0 spiro atoms. The second kappa shape index (κ2) is 35.2. The summed E-state index contributed by atoms with van der Waals surface area (Å²) in [7, 11) is -3.76. The highest BCUT2D eigenvalue weighted by atomic mass is 32.2. The van der Waals surface area contributed by atoms with Crippen molar-refractivity contribution < 1.29 is 60.0 Å². The fraction of sp³-hybridized carbons (Fsp3) is 0.700. The second-order valence-electron chi connectivity index (χ2n) is 12.1. The third-order valence-corrected chi connectivity index (χ3v) is 9.04. The topological polar surface area (TPSA) is 136 Å². The Morgan fingerprint density at radius 1 is 0.407 bits per heavy atom. The van der Waals surface area contributed by atoms with E-state index in [9.17, 15) is 8.42 Å². The smallest absolute Gasteiger partial charge is 0.297 e. The minimum atomic E-state index is -3.76. The first-order chi connectivity index (χ1) is 26.6. The minimum Gasteiger partial charge on any atom is -0.491 e. The third kappa shape index (κ3) is 28.2.